The van der Waals surface area contributed by atoms with Gasteiger partial charge in [-0.1, -0.05) is 60.1 Å². The smallest absolute Gasteiger partial charge is 0.315 e. The number of aliphatic hydroxyl groups excluding tert-OH is 9. The average Bonchev–Trinajstić information content (AvgIpc) is 3.22. The number of hydrogen-bond acceptors (Lipinski definition) is 16. The van der Waals surface area contributed by atoms with Gasteiger partial charge in [0.25, 0.3) is 0 Å². The van der Waals surface area contributed by atoms with E-state index in [9.17, 15) is 50.8 Å². The van der Waals surface area contributed by atoms with Crippen LogP contribution in [0.25, 0.3) is 0 Å². The summed E-state index contributed by atoms with van der Waals surface area (Å²) in [6.45, 7) is 17.1. The molecule has 3 heterocycles. The summed E-state index contributed by atoms with van der Waals surface area (Å²) in [5.74, 6) is -0.0269. The summed E-state index contributed by atoms with van der Waals surface area (Å²) in [5.41, 5.74) is -0.377. The molecule has 7 fully saturated rings. The van der Waals surface area contributed by atoms with Crippen LogP contribution in [0.15, 0.2) is 11.6 Å². The number of hydrogen-bond donors (Lipinski definition) is 9. The predicted molar refractivity (Wildman–Crippen MR) is 223 cm³/mol. The molecule has 0 aromatic carbocycles. The highest BCUT2D eigenvalue weighted by molar-refractivity contribution is 5.79. The van der Waals surface area contributed by atoms with Gasteiger partial charge in [-0.05, 0) is 116 Å². The zero-order chi connectivity index (χ0) is 46.0. The lowest BCUT2D eigenvalue weighted by atomic mass is 9.33. The third-order valence-electron chi connectivity index (χ3n) is 18.9. The topological polar surface area (TPSA) is 255 Å². The molecule has 9 N–H and O–H groups in total. The average molecular weight is 897 g/mol. The lowest BCUT2D eigenvalue weighted by molar-refractivity contribution is -0.364. The fourth-order valence-corrected chi connectivity index (χ4v) is 14.7. The molecule has 360 valence electrons. The van der Waals surface area contributed by atoms with Crippen molar-refractivity contribution < 1.29 is 79.2 Å². The summed E-state index contributed by atoms with van der Waals surface area (Å²) < 4.78 is 36.2. The summed E-state index contributed by atoms with van der Waals surface area (Å²) in [7, 11) is 0. The summed E-state index contributed by atoms with van der Waals surface area (Å²) in [6, 6.07) is 0. The molecular formula is C47H76O16. The lowest BCUT2D eigenvalue weighted by Crippen LogP contribution is -2.66. The number of carbonyl (C=O) groups excluding carboxylic acids is 1. The van der Waals surface area contributed by atoms with Crippen LogP contribution in [0, 0.1) is 50.2 Å². The van der Waals surface area contributed by atoms with E-state index in [2.05, 4.69) is 54.5 Å². The molecule has 0 bridgehead atoms. The first-order valence-corrected chi connectivity index (χ1v) is 23.6. The van der Waals surface area contributed by atoms with Crippen molar-refractivity contribution in [1.82, 2.24) is 0 Å². The van der Waals surface area contributed by atoms with Gasteiger partial charge in [0.05, 0.1) is 30.8 Å². The van der Waals surface area contributed by atoms with Crippen LogP contribution < -0.4 is 0 Å². The molecule has 4 saturated carbocycles. The number of aliphatic hydroxyl groups is 9. The highest BCUT2D eigenvalue weighted by Crippen LogP contribution is 2.76. The fourth-order valence-electron chi connectivity index (χ4n) is 14.7. The Bertz CT molecular complexity index is 1720. The summed E-state index contributed by atoms with van der Waals surface area (Å²) in [5, 5.41) is 94.8. The van der Waals surface area contributed by atoms with Crippen LogP contribution in [0.2, 0.25) is 0 Å². The van der Waals surface area contributed by atoms with Crippen LogP contribution in [0.1, 0.15) is 120 Å². The Morgan fingerprint density at radius 2 is 1.38 bits per heavy atom. The summed E-state index contributed by atoms with van der Waals surface area (Å²) in [6.07, 6.45) is -9.47. The zero-order valence-electron chi connectivity index (χ0n) is 38.3. The van der Waals surface area contributed by atoms with Crippen molar-refractivity contribution in [3.63, 3.8) is 0 Å². The maximum atomic E-state index is 14.7. The first kappa shape index (κ1) is 48.1. The Hall–Kier alpha value is -1.35. The highest BCUT2D eigenvalue weighted by Gasteiger charge is 2.70. The van der Waals surface area contributed by atoms with Crippen molar-refractivity contribution in [2.45, 2.75) is 212 Å². The van der Waals surface area contributed by atoms with Gasteiger partial charge in [0.1, 0.15) is 61.0 Å². The van der Waals surface area contributed by atoms with Crippen molar-refractivity contribution in [1.29, 1.82) is 0 Å². The molecule has 16 nitrogen and oxygen atoms in total. The van der Waals surface area contributed by atoms with Crippen molar-refractivity contribution in [2.24, 2.45) is 50.2 Å². The van der Waals surface area contributed by atoms with E-state index >= 15 is 0 Å². The van der Waals surface area contributed by atoms with Gasteiger partial charge in [-0.25, -0.2) is 0 Å². The van der Waals surface area contributed by atoms with Crippen molar-refractivity contribution in [3.8, 4) is 0 Å². The molecule has 8 aliphatic rings. The van der Waals surface area contributed by atoms with Crippen LogP contribution in [-0.4, -0.2) is 157 Å². The van der Waals surface area contributed by atoms with Crippen LogP contribution in [0.3, 0.4) is 0 Å². The molecule has 16 heteroatoms. The molecule has 0 unspecified atom stereocenters. The van der Waals surface area contributed by atoms with Gasteiger partial charge in [0, 0.05) is 0 Å². The van der Waals surface area contributed by atoms with E-state index in [1.807, 2.05) is 0 Å². The number of carbonyl (C=O) groups is 1. The predicted octanol–water partition coefficient (Wildman–Crippen LogP) is 1.81. The quantitative estimate of drug-likeness (QED) is 0.100. The molecule has 0 amide bonds. The highest BCUT2D eigenvalue weighted by atomic mass is 16.8. The summed E-state index contributed by atoms with van der Waals surface area (Å²) in [4.78, 5) is 14.7. The Labute approximate surface area is 371 Å². The van der Waals surface area contributed by atoms with E-state index in [0.29, 0.717) is 25.2 Å². The minimum Gasteiger partial charge on any atom is -0.432 e. The molecule has 0 aromatic rings. The molecular weight excluding hydrogens is 821 g/mol. The molecule has 3 saturated heterocycles. The monoisotopic (exact) mass is 897 g/mol. The second-order valence-corrected chi connectivity index (χ2v) is 23.0. The third kappa shape index (κ3) is 7.51. The number of rotatable bonds is 7. The molecule has 63 heavy (non-hydrogen) atoms. The molecule has 0 spiro atoms. The van der Waals surface area contributed by atoms with Gasteiger partial charge in [0.2, 0.25) is 6.29 Å². The Morgan fingerprint density at radius 1 is 0.714 bits per heavy atom. The maximum Gasteiger partial charge on any atom is 0.315 e. The minimum atomic E-state index is -1.67. The maximum absolute atomic E-state index is 14.7. The first-order chi connectivity index (χ1) is 29.4. The standard InChI is InChI=1S/C47H76O16/c1-22-30(50)33(53)35(55)38(59-22)62-37-31(51)25(49)21-58-40(37)61-29-12-13-44(6)27(43(29,4)5)11-14-46(8)28(44)10-9-23-24-19-42(2,3)15-17-47(24,18-16-45(23,46)7)41(57)63-39-36(56)34(54)32(52)26(20-48)60-39/h9,22,24-40,48-56H,10-21H2,1-8H3/t22-,24-,25-,26+,27-,28+,29-,30-,31-,32+,33+,34-,35+,36+,37+,38-,39-,40-,44-,45+,46+,47-/m0/s1. The number of ether oxygens (including phenoxy) is 6. The molecule has 22 atom stereocenters. The van der Waals surface area contributed by atoms with Crippen LogP contribution in [-0.2, 0) is 33.2 Å². The third-order valence-corrected chi connectivity index (χ3v) is 18.9. The van der Waals surface area contributed by atoms with Crippen molar-refractivity contribution in [3.05, 3.63) is 11.6 Å². The van der Waals surface area contributed by atoms with Crippen molar-refractivity contribution >= 4 is 5.97 Å². The molecule has 0 aromatic heterocycles. The van der Waals surface area contributed by atoms with E-state index < -0.39 is 104 Å². The minimum absolute atomic E-state index is 0.0356. The second kappa shape index (κ2) is 16.7. The van der Waals surface area contributed by atoms with E-state index in [1.165, 1.54) is 12.5 Å². The lowest BCUT2D eigenvalue weighted by Gasteiger charge is -2.71. The van der Waals surface area contributed by atoms with E-state index in [4.69, 9.17) is 28.4 Å². The Kier molecular flexibility index (Phi) is 12.8. The number of fused-ring (bicyclic) bond motifs is 7. The largest absolute Gasteiger partial charge is 0.432 e. The Balaban J connectivity index is 1.03. The zero-order valence-corrected chi connectivity index (χ0v) is 38.3. The molecule has 0 radical (unpaired) electrons. The molecule has 8 rings (SSSR count). The molecule has 5 aliphatic carbocycles. The van der Waals surface area contributed by atoms with Gasteiger partial charge in [-0.3, -0.25) is 4.79 Å². The van der Waals surface area contributed by atoms with Gasteiger partial charge in [-0.2, -0.15) is 0 Å². The van der Waals surface area contributed by atoms with Crippen LogP contribution in [0.5, 0.6) is 0 Å². The first-order valence-electron chi connectivity index (χ1n) is 23.6. The normalized spacial score (nSPS) is 54.1. The van der Waals surface area contributed by atoms with E-state index in [0.717, 1.165) is 44.9 Å². The molecule has 3 aliphatic heterocycles. The number of allylic oxidation sites excluding steroid dienone is 2. The van der Waals surface area contributed by atoms with E-state index in [1.54, 1.807) is 0 Å². The van der Waals surface area contributed by atoms with Crippen LogP contribution >= 0.6 is 0 Å². The van der Waals surface area contributed by atoms with Gasteiger partial charge >= 0.3 is 5.97 Å². The second-order valence-electron chi connectivity index (χ2n) is 23.0. The Morgan fingerprint density at radius 3 is 2.08 bits per heavy atom. The van der Waals surface area contributed by atoms with Crippen molar-refractivity contribution in [2.75, 3.05) is 13.2 Å². The SMILES string of the molecule is C[C@@H]1O[C@@H](O[C@H]2[C@H](O[C@H]3CC[C@]4(C)[C@H]5CC=C6[C@@H]7CC(C)(C)CC[C@]7(C(=O)O[C@@H]7O[C@H](CO)[C@@H](O)[C@H](O)[C@H]7O)CC[C@@]6(C)[C@]5(C)CC[C@H]4C3(C)C)OC[C@H](O)[C@@H]2O)[C@H](O)[C@H](O)[C@H]1O. The van der Waals surface area contributed by atoms with Gasteiger partial charge in [0.15, 0.2) is 12.6 Å². The van der Waals surface area contributed by atoms with E-state index in [-0.39, 0.29) is 51.6 Å². The van der Waals surface area contributed by atoms with Gasteiger partial charge in [-0.15, -0.1) is 0 Å². The summed E-state index contributed by atoms with van der Waals surface area (Å²) >= 11 is 0. The fraction of sp³-hybridized carbons (Fsp3) is 0.936. The van der Waals surface area contributed by atoms with Gasteiger partial charge < -0.3 is 74.4 Å². The number of esters is 1. The van der Waals surface area contributed by atoms with Crippen LogP contribution in [0.4, 0.5) is 0 Å².